The maximum atomic E-state index is 14.9. The van der Waals surface area contributed by atoms with Gasteiger partial charge in [0.15, 0.2) is 11.6 Å². The molecule has 0 unspecified atom stereocenters. The summed E-state index contributed by atoms with van der Waals surface area (Å²) in [5, 5.41) is 1.19. The summed E-state index contributed by atoms with van der Waals surface area (Å²) in [6.45, 7) is 12.1. The highest BCUT2D eigenvalue weighted by Gasteiger charge is 2.27. The number of ether oxygens (including phenoxy) is 3. The second kappa shape index (κ2) is 12.7. The standard InChI is InChI=1S/C26H35FN4O6/c1-7-31(37-17(4)5)25(32)19-8-9-22(21(27)14-19)36-24-18(6)23(28-15-29-24)35-20-10-12-30(13-11-20)26(33)34-16(2)3/h8-9,14-17,20H,7,10-13H2,1-6H3. The van der Waals surface area contributed by atoms with Crippen LogP contribution in [0.1, 0.15) is 63.4 Å². The van der Waals surface area contributed by atoms with Crippen LogP contribution in [0.4, 0.5) is 9.18 Å². The largest absolute Gasteiger partial charge is 0.474 e. The Kier molecular flexibility index (Phi) is 9.62. The second-order valence-corrected chi connectivity index (χ2v) is 9.25. The monoisotopic (exact) mass is 518 g/mol. The molecule has 37 heavy (non-hydrogen) atoms. The van der Waals surface area contributed by atoms with Gasteiger partial charge in [0, 0.05) is 38.0 Å². The van der Waals surface area contributed by atoms with Crippen molar-refractivity contribution >= 4 is 12.0 Å². The van der Waals surface area contributed by atoms with E-state index in [0.717, 1.165) is 6.07 Å². The number of carbonyl (C=O) groups is 2. The molecule has 1 fully saturated rings. The molecule has 1 aromatic carbocycles. The molecule has 2 amide bonds. The summed E-state index contributed by atoms with van der Waals surface area (Å²) in [7, 11) is 0. The molecule has 0 atom stereocenters. The average molecular weight is 519 g/mol. The van der Waals surface area contributed by atoms with E-state index >= 15 is 0 Å². The number of amides is 2. The summed E-state index contributed by atoms with van der Waals surface area (Å²) in [4.78, 5) is 40.2. The molecule has 10 nitrogen and oxygen atoms in total. The number of benzene rings is 1. The van der Waals surface area contributed by atoms with E-state index in [1.165, 1.54) is 23.5 Å². The Bertz CT molecular complexity index is 1090. The van der Waals surface area contributed by atoms with Gasteiger partial charge in [-0.15, -0.1) is 0 Å². The van der Waals surface area contributed by atoms with Crippen molar-refractivity contribution in [1.29, 1.82) is 0 Å². The molecule has 0 bridgehead atoms. The van der Waals surface area contributed by atoms with E-state index in [1.807, 2.05) is 27.7 Å². The van der Waals surface area contributed by atoms with Gasteiger partial charge in [-0.05, 0) is 59.7 Å². The number of halogens is 1. The molecular formula is C26H35FN4O6. The molecule has 202 valence electrons. The van der Waals surface area contributed by atoms with Crippen LogP contribution in [0.3, 0.4) is 0 Å². The second-order valence-electron chi connectivity index (χ2n) is 9.25. The first-order valence-electron chi connectivity index (χ1n) is 12.5. The fourth-order valence-electron chi connectivity index (χ4n) is 3.72. The number of aromatic nitrogens is 2. The molecule has 2 aromatic rings. The van der Waals surface area contributed by atoms with Gasteiger partial charge < -0.3 is 19.1 Å². The topological polar surface area (TPSA) is 103 Å². The molecule has 0 saturated carbocycles. The number of likely N-dealkylation sites (tertiary alicyclic amines) is 1. The number of hydroxylamine groups is 2. The molecule has 0 spiro atoms. The highest BCUT2D eigenvalue weighted by molar-refractivity contribution is 5.93. The van der Waals surface area contributed by atoms with Crippen molar-refractivity contribution < 1.29 is 33.0 Å². The smallest absolute Gasteiger partial charge is 0.410 e. The van der Waals surface area contributed by atoms with Crippen molar-refractivity contribution in [2.45, 2.75) is 72.7 Å². The minimum Gasteiger partial charge on any atom is -0.474 e. The van der Waals surface area contributed by atoms with E-state index in [9.17, 15) is 14.0 Å². The van der Waals surface area contributed by atoms with Crippen LogP contribution in [0, 0.1) is 12.7 Å². The third kappa shape index (κ3) is 7.51. The van der Waals surface area contributed by atoms with Crippen LogP contribution in [-0.4, -0.2) is 69.9 Å². The molecule has 0 radical (unpaired) electrons. The van der Waals surface area contributed by atoms with Gasteiger partial charge in [0.25, 0.3) is 5.91 Å². The fourth-order valence-corrected chi connectivity index (χ4v) is 3.72. The minimum absolute atomic E-state index is 0.0888. The lowest BCUT2D eigenvalue weighted by Crippen LogP contribution is -2.42. The van der Waals surface area contributed by atoms with E-state index in [-0.39, 0.29) is 41.6 Å². The summed E-state index contributed by atoms with van der Waals surface area (Å²) in [6.07, 6.45) is 1.68. The molecule has 1 aromatic heterocycles. The molecule has 1 saturated heterocycles. The predicted octanol–water partition coefficient (Wildman–Crippen LogP) is 4.91. The van der Waals surface area contributed by atoms with Crippen LogP contribution < -0.4 is 9.47 Å². The summed E-state index contributed by atoms with van der Waals surface area (Å²) >= 11 is 0. The van der Waals surface area contributed by atoms with Gasteiger partial charge in [-0.25, -0.2) is 24.2 Å². The van der Waals surface area contributed by atoms with Gasteiger partial charge in [-0.3, -0.25) is 9.63 Å². The van der Waals surface area contributed by atoms with E-state index in [4.69, 9.17) is 19.0 Å². The Labute approximate surface area is 216 Å². The van der Waals surface area contributed by atoms with Gasteiger partial charge in [-0.2, -0.15) is 0 Å². The molecule has 2 heterocycles. The number of carbonyl (C=O) groups excluding carboxylic acids is 2. The molecular weight excluding hydrogens is 483 g/mol. The van der Waals surface area contributed by atoms with E-state index in [0.29, 0.717) is 43.9 Å². The normalized spacial score (nSPS) is 14.1. The third-order valence-electron chi connectivity index (χ3n) is 5.54. The van der Waals surface area contributed by atoms with Crippen molar-refractivity contribution in [2.75, 3.05) is 19.6 Å². The number of hydrogen-bond acceptors (Lipinski definition) is 8. The lowest BCUT2D eigenvalue weighted by atomic mass is 10.1. The van der Waals surface area contributed by atoms with Gasteiger partial charge in [0.2, 0.25) is 11.8 Å². The van der Waals surface area contributed by atoms with Crippen molar-refractivity contribution in [3.05, 3.63) is 41.5 Å². The number of rotatable bonds is 9. The predicted molar refractivity (Wildman–Crippen MR) is 133 cm³/mol. The summed E-state index contributed by atoms with van der Waals surface area (Å²) in [6, 6.07) is 3.95. The number of piperidine rings is 1. The molecule has 1 aliphatic rings. The zero-order valence-electron chi connectivity index (χ0n) is 22.2. The van der Waals surface area contributed by atoms with Gasteiger partial charge in [0.1, 0.15) is 12.4 Å². The third-order valence-corrected chi connectivity index (χ3v) is 5.54. The van der Waals surface area contributed by atoms with Crippen molar-refractivity contribution in [3.8, 4) is 17.5 Å². The Morgan fingerprint density at radius 3 is 2.38 bits per heavy atom. The fraction of sp³-hybridized carbons (Fsp3) is 0.538. The lowest BCUT2D eigenvalue weighted by Gasteiger charge is -2.31. The van der Waals surface area contributed by atoms with Gasteiger partial charge >= 0.3 is 6.09 Å². The van der Waals surface area contributed by atoms with Crippen LogP contribution >= 0.6 is 0 Å². The zero-order chi connectivity index (χ0) is 27.1. The summed E-state index contributed by atoms with van der Waals surface area (Å²) in [5.74, 6) is -0.787. The molecule has 1 aliphatic heterocycles. The first-order valence-corrected chi connectivity index (χ1v) is 12.5. The summed E-state index contributed by atoms with van der Waals surface area (Å²) in [5.41, 5.74) is 0.644. The van der Waals surface area contributed by atoms with Crippen LogP contribution in [0.15, 0.2) is 24.5 Å². The van der Waals surface area contributed by atoms with Crippen molar-refractivity contribution in [3.63, 3.8) is 0 Å². The minimum atomic E-state index is -0.715. The Morgan fingerprint density at radius 1 is 1.11 bits per heavy atom. The lowest BCUT2D eigenvalue weighted by molar-refractivity contribution is -0.149. The number of hydrogen-bond donors (Lipinski definition) is 0. The highest BCUT2D eigenvalue weighted by atomic mass is 19.1. The van der Waals surface area contributed by atoms with Crippen molar-refractivity contribution in [1.82, 2.24) is 19.9 Å². The van der Waals surface area contributed by atoms with Gasteiger partial charge in [-0.1, -0.05) is 0 Å². The average Bonchev–Trinajstić information content (AvgIpc) is 2.85. The van der Waals surface area contributed by atoms with E-state index in [1.54, 1.807) is 18.7 Å². The number of nitrogens with zero attached hydrogens (tertiary/aromatic N) is 4. The highest BCUT2D eigenvalue weighted by Crippen LogP contribution is 2.31. The first kappa shape index (κ1) is 28.1. The van der Waals surface area contributed by atoms with Crippen LogP contribution in [0.25, 0.3) is 0 Å². The molecule has 3 rings (SSSR count). The molecule has 0 aliphatic carbocycles. The first-order chi connectivity index (χ1) is 17.6. The van der Waals surface area contributed by atoms with Crippen LogP contribution in [-0.2, 0) is 9.57 Å². The SMILES string of the molecule is CCN(OC(C)C)C(=O)c1ccc(Oc2ncnc(OC3CCN(C(=O)OC(C)C)CC3)c2C)c(F)c1. The van der Waals surface area contributed by atoms with Crippen LogP contribution in [0.2, 0.25) is 0 Å². The van der Waals surface area contributed by atoms with Crippen LogP contribution in [0.5, 0.6) is 17.5 Å². The maximum Gasteiger partial charge on any atom is 0.410 e. The van der Waals surface area contributed by atoms with E-state index in [2.05, 4.69) is 9.97 Å². The Hall–Kier alpha value is -3.47. The summed E-state index contributed by atoms with van der Waals surface area (Å²) < 4.78 is 31.9. The molecule has 0 N–H and O–H groups in total. The Balaban J connectivity index is 1.65. The zero-order valence-corrected chi connectivity index (χ0v) is 22.2. The Morgan fingerprint density at radius 2 is 1.78 bits per heavy atom. The quantitative estimate of drug-likeness (QED) is 0.432. The van der Waals surface area contributed by atoms with Crippen molar-refractivity contribution in [2.24, 2.45) is 0 Å². The maximum absolute atomic E-state index is 14.9. The molecule has 11 heteroatoms. The van der Waals surface area contributed by atoms with E-state index < -0.39 is 11.7 Å². The van der Waals surface area contributed by atoms with Gasteiger partial charge in [0.05, 0.1) is 17.8 Å².